The fourth-order valence-corrected chi connectivity index (χ4v) is 3.85. The topological polar surface area (TPSA) is 50.8 Å². The maximum absolute atomic E-state index is 13.0. The summed E-state index contributed by atoms with van der Waals surface area (Å²) in [6.45, 7) is 0.930. The third-order valence-electron chi connectivity index (χ3n) is 4.90. The summed E-state index contributed by atoms with van der Waals surface area (Å²) in [5, 5.41) is 3.71. The van der Waals surface area contributed by atoms with Gasteiger partial charge in [0.15, 0.2) is 11.5 Å². The molecule has 0 spiro atoms. The van der Waals surface area contributed by atoms with Crippen molar-refractivity contribution >= 4 is 23.3 Å². The molecular formula is C20H21ClN2O3. The van der Waals surface area contributed by atoms with E-state index in [1.807, 2.05) is 41.3 Å². The number of nitrogens with zero attached hydrogens (tertiary/aromatic N) is 1. The summed E-state index contributed by atoms with van der Waals surface area (Å²) in [6, 6.07) is 13.1. The highest BCUT2D eigenvalue weighted by Crippen LogP contribution is 2.36. The molecule has 0 radical (unpaired) electrons. The number of carbonyl (C=O) groups is 1. The Morgan fingerprint density at radius 3 is 2.81 bits per heavy atom. The Morgan fingerprint density at radius 2 is 1.92 bits per heavy atom. The van der Waals surface area contributed by atoms with Gasteiger partial charge in [0, 0.05) is 23.3 Å². The van der Waals surface area contributed by atoms with E-state index in [1.165, 1.54) is 0 Å². The van der Waals surface area contributed by atoms with Crippen LogP contribution in [0.1, 0.15) is 37.3 Å². The number of benzene rings is 2. The molecule has 1 N–H and O–H groups in total. The van der Waals surface area contributed by atoms with Gasteiger partial charge in [-0.15, -0.1) is 0 Å². The first-order valence-electron chi connectivity index (χ1n) is 8.94. The van der Waals surface area contributed by atoms with Crippen molar-refractivity contribution < 1.29 is 14.3 Å². The average molecular weight is 373 g/mol. The molecule has 0 aliphatic carbocycles. The summed E-state index contributed by atoms with van der Waals surface area (Å²) < 4.78 is 10.7. The van der Waals surface area contributed by atoms with Gasteiger partial charge in [-0.05, 0) is 36.6 Å². The first-order chi connectivity index (χ1) is 12.7. The quantitative estimate of drug-likeness (QED) is 0.786. The second kappa shape index (κ2) is 7.46. The molecule has 2 aliphatic rings. The highest BCUT2D eigenvalue weighted by molar-refractivity contribution is 6.31. The van der Waals surface area contributed by atoms with E-state index in [-0.39, 0.29) is 18.9 Å². The number of hydrogen-bond acceptors (Lipinski definition) is 3. The van der Waals surface area contributed by atoms with E-state index in [9.17, 15) is 4.79 Å². The SMILES string of the molecule is O=C(Nc1ccc2c(c1)OCO2)N1CCCCC[C@@H]1c1ccccc1Cl. The molecular weight excluding hydrogens is 352 g/mol. The van der Waals surface area contributed by atoms with Gasteiger partial charge in [-0.2, -0.15) is 0 Å². The predicted molar refractivity (Wildman–Crippen MR) is 101 cm³/mol. The van der Waals surface area contributed by atoms with Gasteiger partial charge in [0.25, 0.3) is 0 Å². The van der Waals surface area contributed by atoms with E-state index in [0.29, 0.717) is 28.8 Å². The minimum Gasteiger partial charge on any atom is -0.454 e. The number of ether oxygens (including phenoxy) is 2. The van der Waals surface area contributed by atoms with Gasteiger partial charge in [0.1, 0.15) is 0 Å². The number of carbonyl (C=O) groups excluding carboxylic acids is 1. The summed E-state index contributed by atoms with van der Waals surface area (Å²) in [4.78, 5) is 14.9. The zero-order chi connectivity index (χ0) is 17.9. The summed E-state index contributed by atoms with van der Waals surface area (Å²) in [6.07, 6.45) is 4.12. The molecule has 2 aromatic rings. The van der Waals surface area contributed by atoms with E-state index in [4.69, 9.17) is 21.1 Å². The zero-order valence-corrected chi connectivity index (χ0v) is 15.2. The lowest BCUT2D eigenvalue weighted by Crippen LogP contribution is -2.38. The minimum atomic E-state index is -0.115. The molecule has 2 heterocycles. The lowest BCUT2D eigenvalue weighted by molar-refractivity contribution is 0.174. The Morgan fingerprint density at radius 1 is 1.08 bits per heavy atom. The molecule has 0 aromatic heterocycles. The number of nitrogens with one attached hydrogen (secondary N) is 1. The number of hydrogen-bond donors (Lipinski definition) is 1. The van der Waals surface area contributed by atoms with Crippen LogP contribution < -0.4 is 14.8 Å². The molecule has 6 heteroatoms. The Labute approximate surface area is 157 Å². The lowest BCUT2D eigenvalue weighted by Gasteiger charge is -2.31. The van der Waals surface area contributed by atoms with Crippen molar-refractivity contribution in [3.8, 4) is 11.5 Å². The zero-order valence-electron chi connectivity index (χ0n) is 14.4. The number of fused-ring (bicyclic) bond motifs is 1. The Hall–Kier alpha value is -2.40. The molecule has 2 amide bonds. The second-order valence-electron chi connectivity index (χ2n) is 6.58. The molecule has 1 saturated heterocycles. The second-order valence-corrected chi connectivity index (χ2v) is 6.99. The van der Waals surface area contributed by atoms with Gasteiger partial charge >= 0.3 is 6.03 Å². The van der Waals surface area contributed by atoms with Crippen molar-refractivity contribution in [1.29, 1.82) is 0 Å². The monoisotopic (exact) mass is 372 g/mol. The van der Waals surface area contributed by atoms with Gasteiger partial charge in [0.2, 0.25) is 6.79 Å². The van der Waals surface area contributed by atoms with Crippen molar-refractivity contribution in [3.63, 3.8) is 0 Å². The molecule has 1 fully saturated rings. The van der Waals surface area contributed by atoms with Crippen LogP contribution in [-0.4, -0.2) is 24.3 Å². The maximum atomic E-state index is 13.0. The molecule has 5 nitrogen and oxygen atoms in total. The third-order valence-corrected chi connectivity index (χ3v) is 5.25. The van der Waals surface area contributed by atoms with E-state index >= 15 is 0 Å². The fraction of sp³-hybridized carbons (Fsp3) is 0.350. The summed E-state index contributed by atoms with van der Waals surface area (Å²) in [5.74, 6) is 1.35. The van der Waals surface area contributed by atoms with Crippen LogP contribution >= 0.6 is 11.6 Å². The maximum Gasteiger partial charge on any atom is 0.322 e. The standard InChI is InChI=1S/C20H21ClN2O3/c21-16-7-4-3-6-15(16)17-8-2-1-5-11-23(17)20(24)22-14-9-10-18-19(12-14)26-13-25-18/h3-4,6-7,9-10,12,17H,1-2,5,8,11,13H2,(H,22,24)/t17-/m1/s1. The van der Waals surface area contributed by atoms with Crippen molar-refractivity contribution in [1.82, 2.24) is 4.90 Å². The van der Waals surface area contributed by atoms with E-state index in [1.54, 1.807) is 6.07 Å². The van der Waals surface area contributed by atoms with Gasteiger partial charge < -0.3 is 19.7 Å². The van der Waals surface area contributed by atoms with Crippen LogP contribution in [0.3, 0.4) is 0 Å². The number of urea groups is 1. The molecule has 0 unspecified atom stereocenters. The molecule has 0 saturated carbocycles. The highest BCUT2D eigenvalue weighted by atomic mass is 35.5. The van der Waals surface area contributed by atoms with Crippen molar-refractivity contribution in [2.75, 3.05) is 18.7 Å². The predicted octanol–water partition coefficient (Wildman–Crippen LogP) is 5.22. The molecule has 2 aliphatic heterocycles. The number of halogens is 1. The molecule has 0 bridgehead atoms. The Balaban J connectivity index is 1.56. The Bertz CT molecular complexity index is 811. The Kier molecular flexibility index (Phi) is 4.89. The average Bonchev–Trinajstić information content (AvgIpc) is 2.97. The number of amides is 2. The van der Waals surface area contributed by atoms with Crippen LogP contribution in [0.2, 0.25) is 5.02 Å². The van der Waals surface area contributed by atoms with Gasteiger partial charge in [0.05, 0.1) is 6.04 Å². The summed E-state index contributed by atoms with van der Waals surface area (Å²) in [7, 11) is 0. The first kappa shape index (κ1) is 17.0. The van der Waals surface area contributed by atoms with Crippen LogP contribution in [0.25, 0.3) is 0 Å². The van der Waals surface area contributed by atoms with Crippen LogP contribution in [0, 0.1) is 0 Å². The minimum absolute atomic E-state index is 0.0137. The molecule has 26 heavy (non-hydrogen) atoms. The highest BCUT2D eigenvalue weighted by Gasteiger charge is 2.28. The van der Waals surface area contributed by atoms with E-state index in [0.717, 1.165) is 31.2 Å². The third kappa shape index (κ3) is 3.44. The number of likely N-dealkylation sites (tertiary alicyclic amines) is 1. The normalized spacial score (nSPS) is 19.1. The molecule has 2 aromatic carbocycles. The largest absolute Gasteiger partial charge is 0.454 e. The molecule has 136 valence electrons. The van der Waals surface area contributed by atoms with Crippen molar-refractivity contribution in [2.24, 2.45) is 0 Å². The number of rotatable bonds is 2. The van der Waals surface area contributed by atoms with Crippen LogP contribution in [0.15, 0.2) is 42.5 Å². The first-order valence-corrected chi connectivity index (χ1v) is 9.32. The molecule has 1 atom stereocenters. The molecule has 4 rings (SSSR count). The summed E-state index contributed by atoms with van der Waals surface area (Å²) >= 11 is 6.42. The van der Waals surface area contributed by atoms with Gasteiger partial charge in [-0.25, -0.2) is 4.79 Å². The van der Waals surface area contributed by atoms with E-state index in [2.05, 4.69) is 5.32 Å². The van der Waals surface area contributed by atoms with Crippen LogP contribution in [-0.2, 0) is 0 Å². The van der Waals surface area contributed by atoms with Crippen molar-refractivity contribution in [2.45, 2.75) is 31.7 Å². The number of anilines is 1. The van der Waals surface area contributed by atoms with Crippen LogP contribution in [0.4, 0.5) is 10.5 Å². The van der Waals surface area contributed by atoms with Crippen LogP contribution in [0.5, 0.6) is 11.5 Å². The van der Waals surface area contributed by atoms with E-state index < -0.39 is 0 Å². The fourth-order valence-electron chi connectivity index (χ4n) is 3.59. The van der Waals surface area contributed by atoms with Gasteiger partial charge in [-0.3, -0.25) is 0 Å². The summed E-state index contributed by atoms with van der Waals surface area (Å²) in [5.41, 5.74) is 1.71. The smallest absolute Gasteiger partial charge is 0.322 e. The lowest BCUT2D eigenvalue weighted by atomic mass is 10.0. The van der Waals surface area contributed by atoms with Gasteiger partial charge in [-0.1, -0.05) is 42.6 Å². The van der Waals surface area contributed by atoms with Crippen molar-refractivity contribution in [3.05, 3.63) is 53.1 Å².